The molecule has 0 bridgehead atoms. The van der Waals surface area contributed by atoms with Crippen molar-refractivity contribution in [1.29, 1.82) is 0 Å². The molecule has 0 saturated carbocycles. The van der Waals surface area contributed by atoms with Crippen molar-refractivity contribution in [3.05, 3.63) is 17.5 Å². The number of likely N-dealkylation sites (tertiary alicyclic amines) is 2. The summed E-state index contributed by atoms with van der Waals surface area (Å²) >= 11 is 0. The molecule has 0 amide bonds. The lowest BCUT2D eigenvalue weighted by atomic mass is 9.99. The van der Waals surface area contributed by atoms with Gasteiger partial charge in [-0.2, -0.15) is 0 Å². The zero-order valence-corrected chi connectivity index (χ0v) is 16.7. The van der Waals surface area contributed by atoms with Crippen LogP contribution < -0.4 is 5.32 Å². The number of hydrogen-bond donors (Lipinski definition) is 1. The lowest BCUT2D eigenvalue weighted by molar-refractivity contribution is 0.281. The fourth-order valence-corrected chi connectivity index (χ4v) is 4.31. The molecule has 3 heterocycles. The number of guanidine groups is 1. The van der Waals surface area contributed by atoms with Crippen LogP contribution in [0.2, 0.25) is 0 Å². The molecular weight excluding hydrogens is 326 g/mol. The second kappa shape index (κ2) is 9.40. The van der Waals surface area contributed by atoms with Crippen molar-refractivity contribution in [2.24, 2.45) is 10.9 Å². The summed E-state index contributed by atoms with van der Waals surface area (Å²) in [5.41, 5.74) is 1.08. The third-order valence-corrected chi connectivity index (χ3v) is 5.91. The molecule has 26 heavy (non-hydrogen) atoms. The minimum atomic E-state index is 0.497. The maximum absolute atomic E-state index is 5.52. The van der Waals surface area contributed by atoms with Crippen molar-refractivity contribution < 1.29 is 4.52 Å². The van der Waals surface area contributed by atoms with Crippen molar-refractivity contribution in [3.63, 3.8) is 0 Å². The molecule has 1 aromatic rings. The van der Waals surface area contributed by atoms with E-state index in [0.29, 0.717) is 12.5 Å². The molecule has 2 fully saturated rings. The van der Waals surface area contributed by atoms with Crippen LogP contribution in [-0.4, -0.2) is 60.7 Å². The van der Waals surface area contributed by atoms with E-state index in [2.05, 4.69) is 45.2 Å². The highest BCUT2D eigenvalue weighted by atomic mass is 16.5. The van der Waals surface area contributed by atoms with E-state index in [-0.39, 0.29) is 0 Å². The van der Waals surface area contributed by atoms with E-state index in [9.17, 15) is 0 Å². The van der Waals surface area contributed by atoms with Gasteiger partial charge in [0.05, 0.1) is 12.2 Å². The summed E-state index contributed by atoms with van der Waals surface area (Å²) in [5.74, 6) is 3.13. The molecule has 0 radical (unpaired) electrons. The second-order valence-corrected chi connectivity index (χ2v) is 7.74. The number of hydrogen-bond acceptors (Lipinski definition) is 4. The van der Waals surface area contributed by atoms with E-state index in [1.54, 1.807) is 0 Å². The van der Waals surface area contributed by atoms with Gasteiger partial charge in [0.15, 0.2) is 11.7 Å². The zero-order valence-electron chi connectivity index (χ0n) is 16.7. The van der Waals surface area contributed by atoms with Crippen LogP contribution >= 0.6 is 0 Å². The highest BCUT2D eigenvalue weighted by molar-refractivity contribution is 5.80. The first-order valence-electron chi connectivity index (χ1n) is 10.4. The largest absolute Gasteiger partial charge is 0.359 e. The summed E-state index contributed by atoms with van der Waals surface area (Å²) in [6.07, 6.45) is 6.21. The third kappa shape index (κ3) is 4.78. The Labute approximate surface area is 158 Å². The Kier molecular flexibility index (Phi) is 6.94. The lowest BCUT2D eigenvalue weighted by Crippen LogP contribution is -2.40. The maximum Gasteiger partial charge on any atom is 0.194 e. The number of aromatic nitrogens is 1. The molecule has 3 rings (SSSR count). The van der Waals surface area contributed by atoms with Gasteiger partial charge in [-0.1, -0.05) is 19.0 Å². The first-order chi connectivity index (χ1) is 12.7. The van der Waals surface area contributed by atoms with E-state index in [0.717, 1.165) is 49.3 Å². The molecule has 0 aliphatic carbocycles. The number of rotatable bonds is 7. The summed E-state index contributed by atoms with van der Waals surface area (Å²) in [6.45, 7) is 11.1. The minimum absolute atomic E-state index is 0.497. The number of nitrogens with one attached hydrogen (secondary N) is 1. The average molecular weight is 362 g/mol. The van der Waals surface area contributed by atoms with Crippen LogP contribution in [0.5, 0.6) is 0 Å². The maximum atomic E-state index is 5.52. The predicted octanol–water partition coefficient (Wildman–Crippen LogP) is 3.07. The van der Waals surface area contributed by atoms with Gasteiger partial charge in [-0.15, -0.1) is 0 Å². The minimum Gasteiger partial charge on any atom is -0.359 e. The molecule has 2 aliphatic heterocycles. The van der Waals surface area contributed by atoms with Crippen molar-refractivity contribution in [1.82, 2.24) is 20.3 Å². The Morgan fingerprint density at radius 3 is 2.77 bits per heavy atom. The molecule has 2 saturated heterocycles. The van der Waals surface area contributed by atoms with E-state index in [1.165, 1.54) is 38.9 Å². The van der Waals surface area contributed by atoms with Crippen LogP contribution in [-0.2, 0) is 6.54 Å². The van der Waals surface area contributed by atoms with Crippen LogP contribution in [0.4, 0.5) is 0 Å². The Balaban J connectivity index is 1.47. The quantitative estimate of drug-likeness (QED) is 0.597. The summed E-state index contributed by atoms with van der Waals surface area (Å²) in [7, 11) is 1.87. The summed E-state index contributed by atoms with van der Waals surface area (Å²) in [6, 6.07) is 2.10. The molecule has 2 aliphatic rings. The fraction of sp³-hybridized carbons (Fsp3) is 0.800. The van der Waals surface area contributed by atoms with Gasteiger partial charge in [-0.25, -0.2) is 0 Å². The Hall–Kier alpha value is -1.56. The van der Waals surface area contributed by atoms with E-state index >= 15 is 0 Å². The summed E-state index contributed by atoms with van der Waals surface area (Å²) < 4.78 is 5.52. The van der Waals surface area contributed by atoms with E-state index in [4.69, 9.17) is 4.52 Å². The molecule has 0 aromatic carbocycles. The van der Waals surface area contributed by atoms with Gasteiger partial charge in [0.1, 0.15) is 0 Å². The SMILES string of the molecule is CCC(CC)c1cc(CNC(=NC)N2CCC(CN3CCCC3)C2)on1. The molecule has 1 unspecified atom stereocenters. The normalized spacial score (nSPS) is 21.9. The summed E-state index contributed by atoms with van der Waals surface area (Å²) in [5, 5.41) is 7.71. The molecule has 6 nitrogen and oxygen atoms in total. The van der Waals surface area contributed by atoms with Crippen LogP contribution in [0.25, 0.3) is 0 Å². The molecule has 1 N–H and O–H groups in total. The molecule has 6 heteroatoms. The van der Waals surface area contributed by atoms with Gasteiger partial charge < -0.3 is 19.6 Å². The molecular formula is C20H35N5O. The van der Waals surface area contributed by atoms with Gasteiger partial charge in [0.25, 0.3) is 0 Å². The van der Waals surface area contributed by atoms with Crippen LogP contribution in [0, 0.1) is 5.92 Å². The first kappa shape index (κ1) is 19.2. The van der Waals surface area contributed by atoms with Crippen molar-refractivity contribution in [2.75, 3.05) is 39.8 Å². The average Bonchev–Trinajstić information content (AvgIpc) is 3.40. The monoisotopic (exact) mass is 361 g/mol. The fourth-order valence-electron chi connectivity index (χ4n) is 4.31. The van der Waals surface area contributed by atoms with E-state index in [1.807, 2.05) is 7.05 Å². The first-order valence-corrected chi connectivity index (χ1v) is 10.4. The number of nitrogens with zero attached hydrogens (tertiary/aromatic N) is 4. The van der Waals surface area contributed by atoms with Crippen molar-refractivity contribution in [2.45, 2.75) is 58.4 Å². The van der Waals surface area contributed by atoms with Crippen molar-refractivity contribution in [3.8, 4) is 0 Å². The zero-order chi connectivity index (χ0) is 18.4. The van der Waals surface area contributed by atoms with Gasteiger partial charge in [0.2, 0.25) is 0 Å². The Morgan fingerprint density at radius 1 is 1.31 bits per heavy atom. The molecule has 0 spiro atoms. The van der Waals surface area contributed by atoms with Gasteiger partial charge in [0, 0.05) is 38.7 Å². The van der Waals surface area contributed by atoms with Gasteiger partial charge >= 0.3 is 0 Å². The van der Waals surface area contributed by atoms with Gasteiger partial charge in [-0.3, -0.25) is 4.99 Å². The lowest BCUT2D eigenvalue weighted by Gasteiger charge is -2.23. The smallest absolute Gasteiger partial charge is 0.194 e. The van der Waals surface area contributed by atoms with Crippen LogP contribution in [0.15, 0.2) is 15.6 Å². The van der Waals surface area contributed by atoms with Crippen LogP contribution in [0.1, 0.15) is 63.3 Å². The Morgan fingerprint density at radius 2 is 2.08 bits per heavy atom. The third-order valence-electron chi connectivity index (χ3n) is 5.91. The molecule has 146 valence electrons. The topological polar surface area (TPSA) is 56.9 Å². The van der Waals surface area contributed by atoms with Crippen LogP contribution in [0.3, 0.4) is 0 Å². The number of aliphatic imine (C=N–C) groups is 1. The highest BCUT2D eigenvalue weighted by Gasteiger charge is 2.27. The molecule has 1 atom stereocenters. The molecule has 1 aromatic heterocycles. The standard InChI is InChI=1S/C20H35N5O/c1-4-17(5-2)19-12-18(26-23-19)13-22-20(21-3)25-11-8-16(15-25)14-24-9-6-7-10-24/h12,16-17H,4-11,13-15H2,1-3H3,(H,21,22). The second-order valence-electron chi connectivity index (χ2n) is 7.74. The van der Waals surface area contributed by atoms with Crippen molar-refractivity contribution >= 4 is 5.96 Å². The Bertz CT molecular complexity index is 575. The predicted molar refractivity (Wildman–Crippen MR) is 105 cm³/mol. The van der Waals surface area contributed by atoms with Gasteiger partial charge in [-0.05, 0) is 51.1 Å². The highest BCUT2D eigenvalue weighted by Crippen LogP contribution is 2.23. The van der Waals surface area contributed by atoms with E-state index < -0.39 is 0 Å². The summed E-state index contributed by atoms with van der Waals surface area (Å²) in [4.78, 5) is 9.49.